The number of carbonyl (C=O) groups is 1. The molecule has 0 bridgehead atoms. The Hall–Kier alpha value is -5.17. The van der Waals surface area contributed by atoms with Gasteiger partial charge in [-0.3, -0.25) is 14.7 Å². The van der Waals surface area contributed by atoms with Crippen LogP contribution in [0, 0.1) is 11.6 Å². The standard InChI is InChI=1S/C28H23F2N7O4/c29-16-3-6-18(7-4-16)37-28(39)20(9-12-33-37)27(38)34-17-5-8-22(21(30)14-17)41-23-10-11-31-25-24(23)26(36-35-25)32-15-19-2-1-13-40-19/h3-12,14,19H,1-2,13,15H2,(H,34,38)(H2,31,32,35,36). The van der Waals surface area contributed by atoms with E-state index in [0.29, 0.717) is 29.1 Å². The van der Waals surface area contributed by atoms with Crippen LogP contribution in [0.1, 0.15) is 23.2 Å². The molecular weight excluding hydrogens is 536 g/mol. The molecule has 1 atom stereocenters. The van der Waals surface area contributed by atoms with Crippen LogP contribution in [0.2, 0.25) is 0 Å². The number of hydrogen-bond acceptors (Lipinski definition) is 8. The normalized spacial score (nSPS) is 14.7. The summed E-state index contributed by atoms with van der Waals surface area (Å²) in [7, 11) is 0. The smallest absolute Gasteiger partial charge is 0.284 e. The lowest BCUT2D eigenvalue weighted by molar-refractivity contribution is 0.102. The number of aromatic amines is 1. The fourth-order valence-electron chi connectivity index (χ4n) is 4.48. The molecule has 0 saturated carbocycles. The third kappa shape index (κ3) is 5.47. The number of rotatable bonds is 8. The van der Waals surface area contributed by atoms with Crippen LogP contribution in [0.5, 0.6) is 11.5 Å². The number of ether oxygens (including phenoxy) is 2. The average molecular weight is 560 g/mol. The van der Waals surface area contributed by atoms with Crippen molar-refractivity contribution in [1.29, 1.82) is 0 Å². The molecule has 3 N–H and O–H groups in total. The largest absolute Gasteiger partial charge is 0.453 e. The highest BCUT2D eigenvalue weighted by molar-refractivity contribution is 6.04. The Bertz CT molecular complexity index is 1780. The molecule has 0 spiro atoms. The van der Waals surface area contributed by atoms with E-state index in [2.05, 4.69) is 30.9 Å². The SMILES string of the molecule is O=C(Nc1ccc(Oc2ccnc3[nH]nc(NCC4CCCO4)c23)c(F)c1)c1ccnn(-c2ccc(F)cc2)c1=O. The first-order valence-electron chi connectivity index (χ1n) is 12.8. The number of carbonyl (C=O) groups excluding carboxylic acids is 1. The van der Waals surface area contributed by atoms with Crippen molar-refractivity contribution in [3.8, 4) is 17.2 Å². The highest BCUT2D eigenvalue weighted by Gasteiger charge is 2.20. The van der Waals surface area contributed by atoms with Gasteiger partial charge in [0.05, 0.1) is 11.8 Å². The van der Waals surface area contributed by atoms with E-state index in [0.717, 1.165) is 30.2 Å². The lowest BCUT2D eigenvalue weighted by Gasteiger charge is -2.12. The van der Waals surface area contributed by atoms with Crippen molar-refractivity contribution in [2.45, 2.75) is 18.9 Å². The van der Waals surface area contributed by atoms with Gasteiger partial charge in [0.2, 0.25) is 0 Å². The summed E-state index contributed by atoms with van der Waals surface area (Å²) in [6, 6.07) is 11.8. The van der Waals surface area contributed by atoms with Crippen molar-refractivity contribution in [1.82, 2.24) is 25.0 Å². The van der Waals surface area contributed by atoms with Crippen LogP contribution in [-0.2, 0) is 4.74 Å². The number of nitrogens with one attached hydrogen (secondary N) is 3. The van der Waals surface area contributed by atoms with Gasteiger partial charge < -0.3 is 20.1 Å². The minimum absolute atomic E-state index is 0.0842. The van der Waals surface area contributed by atoms with Gasteiger partial charge in [-0.2, -0.15) is 14.9 Å². The molecule has 0 aliphatic carbocycles. The molecule has 13 heteroatoms. The first-order valence-corrected chi connectivity index (χ1v) is 12.8. The quantitative estimate of drug-likeness (QED) is 0.254. The summed E-state index contributed by atoms with van der Waals surface area (Å²) >= 11 is 0. The van der Waals surface area contributed by atoms with Crippen molar-refractivity contribution < 1.29 is 23.0 Å². The van der Waals surface area contributed by atoms with Crippen LogP contribution in [0.15, 0.2) is 71.8 Å². The van der Waals surface area contributed by atoms with Crippen LogP contribution in [0.4, 0.5) is 20.3 Å². The van der Waals surface area contributed by atoms with Gasteiger partial charge in [0, 0.05) is 43.4 Å². The molecule has 1 aliphatic rings. The second kappa shape index (κ2) is 11.1. The van der Waals surface area contributed by atoms with Crippen molar-refractivity contribution >= 4 is 28.4 Å². The van der Waals surface area contributed by atoms with Gasteiger partial charge in [0.1, 0.15) is 22.5 Å². The molecule has 2 aromatic carbocycles. The van der Waals surface area contributed by atoms with Crippen molar-refractivity contribution in [2.75, 3.05) is 23.8 Å². The zero-order valence-corrected chi connectivity index (χ0v) is 21.4. The Morgan fingerprint density at radius 3 is 2.73 bits per heavy atom. The monoisotopic (exact) mass is 559 g/mol. The van der Waals surface area contributed by atoms with E-state index in [-0.39, 0.29) is 28.8 Å². The van der Waals surface area contributed by atoms with Gasteiger partial charge in [-0.1, -0.05) is 0 Å². The number of hydrogen-bond donors (Lipinski definition) is 3. The van der Waals surface area contributed by atoms with E-state index >= 15 is 4.39 Å². The van der Waals surface area contributed by atoms with E-state index in [4.69, 9.17) is 9.47 Å². The maximum absolute atomic E-state index is 15.1. The van der Waals surface area contributed by atoms with Crippen LogP contribution >= 0.6 is 0 Å². The summed E-state index contributed by atoms with van der Waals surface area (Å²) in [6.45, 7) is 1.29. The Morgan fingerprint density at radius 1 is 1.10 bits per heavy atom. The summed E-state index contributed by atoms with van der Waals surface area (Å²) in [6.07, 6.45) is 4.83. The molecule has 41 heavy (non-hydrogen) atoms. The second-order valence-corrected chi connectivity index (χ2v) is 9.26. The number of nitrogens with zero attached hydrogens (tertiary/aromatic N) is 4. The first-order chi connectivity index (χ1) is 20.0. The average Bonchev–Trinajstić information content (AvgIpc) is 3.64. The highest BCUT2D eigenvalue weighted by atomic mass is 19.1. The van der Waals surface area contributed by atoms with Crippen LogP contribution in [0.3, 0.4) is 0 Å². The predicted molar refractivity (Wildman–Crippen MR) is 146 cm³/mol. The molecule has 6 rings (SSSR count). The zero-order chi connectivity index (χ0) is 28.3. The van der Waals surface area contributed by atoms with E-state index in [1.165, 1.54) is 54.9 Å². The number of benzene rings is 2. The Kier molecular flexibility index (Phi) is 7.08. The molecular formula is C28H23F2N7O4. The third-order valence-electron chi connectivity index (χ3n) is 6.52. The molecule has 208 valence electrons. The van der Waals surface area contributed by atoms with Crippen LogP contribution < -0.4 is 20.9 Å². The molecule has 1 fully saturated rings. The summed E-state index contributed by atoms with van der Waals surface area (Å²) in [5, 5.41) is 17.4. The minimum Gasteiger partial charge on any atom is -0.453 e. The van der Waals surface area contributed by atoms with Crippen molar-refractivity contribution in [2.24, 2.45) is 0 Å². The van der Waals surface area contributed by atoms with Gasteiger partial charge in [0.15, 0.2) is 23.0 Å². The second-order valence-electron chi connectivity index (χ2n) is 9.26. The topological polar surface area (TPSA) is 136 Å². The molecule has 4 heterocycles. The highest BCUT2D eigenvalue weighted by Crippen LogP contribution is 2.34. The van der Waals surface area contributed by atoms with E-state index in [1.54, 1.807) is 6.07 Å². The van der Waals surface area contributed by atoms with Gasteiger partial charge in [-0.05, 0) is 55.3 Å². The van der Waals surface area contributed by atoms with Crippen molar-refractivity contribution in [3.63, 3.8) is 0 Å². The third-order valence-corrected chi connectivity index (χ3v) is 6.52. The number of fused-ring (bicyclic) bond motifs is 1. The summed E-state index contributed by atoms with van der Waals surface area (Å²) < 4.78 is 40.9. The van der Waals surface area contributed by atoms with E-state index in [1.807, 2.05) is 0 Å². The molecule has 3 aromatic heterocycles. The summed E-state index contributed by atoms with van der Waals surface area (Å²) in [5.41, 5.74) is -0.0987. The number of halogens is 2. The minimum atomic E-state index is -0.766. The molecule has 0 radical (unpaired) electrons. The first kappa shape index (κ1) is 26.1. The molecule has 5 aromatic rings. The maximum atomic E-state index is 15.1. The Balaban J connectivity index is 1.19. The number of pyridine rings is 1. The lowest BCUT2D eigenvalue weighted by atomic mass is 10.2. The number of aromatic nitrogens is 5. The van der Waals surface area contributed by atoms with Gasteiger partial charge >= 0.3 is 0 Å². The summed E-state index contributed by atoms with van der Waals surface area (Å²) in [5.74, 6) is -1.25. The van der Waals surface area contributed by atoms with Gasteiger partial charge in [0.25, 0.3) is 11.5 Å². The fraction of sp³-hybridized carbons (Fsp3) is 0.179. The molecule has 1 unspecified atom stereocenters. The van der Waals surface area contributed by atoms with E-state index in [9.17, 15) is 14.0 Å². The van der Waals surface area contributed by atoms with Gasteiger partial charge in [-0.15, -0.1) is 0 Å². The van der Waals surface area contributed by atoms with Crippen LogP contribution in [0.25, 0.3) is 16.7 Å². The van der Waals surface area contributed by atoms with Crippen molar-refractivity contribution in [3.05, 3.63) is 94.5 Å². The number of amides is 1. The molecule has 11 nitrogen and oxygen atoms in total. The number of H-pyrrole nitrogens is 1. The Morgan fingerprint density at radius 2 is 1.95 bits per heavy atom. The van der Waals surface area contributed by atoms with Gasteiger partial charge in [-0.25, -0.2) is 13.8 Å². The zero-order valence-electron chi connectivity index (χ0n) is 21.4. The number of anilines is 2. The summed E-state index contributed by atoms with van der Waals surface area (Å²) in [4.78, 5) is 30.0. The fourth-order valence-corrected chi connectivity index (χ4v) is 4.48. The molecule has 1 saturated heterocycles. The van der Waals surface area contributed by atoms with Crippen LogP contribution in [-0.4, -0.2) is 50.1 Å². The van der Waals surface area contributed by atoms with E-state index < -0.39 is 23.1 Å². The predicted octanol–water partition coefficient (Wildman–Crippen LogP) is 4.42. The maximum Gasteiger partial charge on any atom is 0.284 e. The molecule has 1 amide bonds. The Labute approximate surface area is 231 Å². The lowest BCUT2D eigenvalue weighted by Crippen LogP contribution is -2.29. The molecule has 1 aliphatic heterocycles.